The summed E-state index contributed by atoms with van der Waals surface area (Å²) in [4.78, 5) is 0. The Bertz CT molecular complexity index is 368. The van der Waals surface area contributed by atoms with E-state index in [1.54, 1.807) is 14.2 Å². The molecule has 9 nitrogen and oxygen atoms in total. The lowest BCUT2D eigenvalue weighted by Crippen LogP contribution is -2.74. The zero-order chi connectivity index (χ0) is 23.1. The summed E-state index contributed by atoms with van der Waals surface area (Å²) in [6.45, 7) is 15.7. The quantitative estimate of drug-likeness (QED) is 0.240. The molecule has 0 unspecified atom stereocenters. The van der Waals surface area contributed by atoms with Crippen molar-refractivity contribution in [3.05, 3.63) is 0 Å². The Morgan fingerprint density at radius 3 is 1.03 bits per heavy atom. The van der Waals surface area contributed by atoms with Gasteiger partial charge in [0.05, 0.1) is 0 Å². The highest BCUT2D eigenvalue weighted by Gasteiger charge is 2.69. The zero-order valence-corrected chi connectivity index (χ0v) is 23.4. The molecule has 0 aromatic carbocycles. The van der Waals surface area contributed by atoms with Crippen LogP contribution in [0.2, 0.25) is 6.04 Å². The van der Waals surface area contributed by atoms with Crippen molar-refractivity contribution < 1.29 is 39.8 Å². The van der Waals surface area contributed by atoms with Crippen LogP contribution >= 0.6 is 0 Å². The summed E-state index contributed by atoms with van der Waals surface area (Å²) in [5.74, 6) is 0. The third-order valence-electron chi connectivity index (χ3n) is 4.19. The van der Waals surface area contributed by atoms with Crippen LogP contribution in [0.1, 0.15) is 54.9 Å². The third kappa shape index (κ3) is 8.01. The van der Waals surface area contributed by atoms with Crippen molar-refractivity contribution in [1.29, 1.82) is 0 Å². The highest BCUT2D eigenvalue weighted by Crippen LogP contribution is 2.33. The first kappa shape index (κ1) is 30.3. The van der Waals surface area contributed by atoms with Crippen molar-refractivity contribution in [2.75, 3.05) is 53.9 Å². The fraction of sp³-hybridized carbons (Fsp3) is 1.00. The zero-order valence-electron chi connectivity index (χ0n) is 20.4. The van der Waals surface area contributed by atoms with Crippen molar-refractivity contribution in [2.24, 2.45) is 0 Å². The summed E-state index contributed by atoms with van der Waals surface area (Å²) in [7, 11) is -6.93. The maximum atomic E-state index is 6.69. The molecule has 0 N–H and O–H groups in total. The molecule has 0 saturated carbocycles. The first-order chi connectivity index (χ1) is 14.4. The van der Waals surface area contributed by atoms with Gasteiger partial charge in [0.1, 0.15) is 0 Å². The summed E-state index contributed by atoms with van der Waals surface area (Å²) in [6, 6.07) is 0.611. The fourth-order valence-electron chi connectivity index (χ4n) is 3.20. The highest BCUT2D eigenvalue weighted by atomic mass is 28.5. The lowest BCUT2D eigenvalue weighted by molar-refractivity contribution is -0.0237. The molecule has 0 aliphatic carbocycles. The van der Waals surface area contributed by atoms with E-state index in [4.69, 9.17) is 39.8 Å². The Morgan fingerprint density at radius 2 is 0.833 bits per heavy atom. The molecule has 30 heavy (non-hydrogen) atoms. The van der Waals surface area contributed by atoms with E-state index >= 15 is 0 Å². The van der Waals surface area contributed by atoms with Gasteiger partial charge >= 0.3 is 26.4 Å². The molecule has 0 spiro atoms. The molecule has 0 saturated heterocycles. The molecule has 182 valence electrons. The number of rotatable bonds is 20. The predicted octanol–water partition coefficient (Wildman–Crippen LogP) is 3.19. The standard InChI is InChI=1S/C18H44O9Si3/c1-10-17-28(19-8,20-9)27-18(29(21-11-2,22-12-3)23-13-4)30(24-14-5,25-15-6)26-16-7/h18H,10-17H2,1-9H3. The smallest absolute Gasteiger partial charge is 0.377 e. The minimum Gasteiger partial charge on any atom is -0.377 e. The molecule has 0 radical (unpaired) electrons. The highest BCUT2D eigenvalue weighted by molar-refractivity contribution is 6.83. The number of hydrogen-bond donors (Lipinski definition) is 0. The second-order valence-electron chi connectivity index (χ2n) is 6.14. The van der Waals surface area contributed by atoms with Gasteiger partial charge in [-0.05, 0) is 41.5 Å². The first-order valence-electron chi connectivity index (χ1n) is 11.0. The van der Waals surface area contributed by atoms with Crippen LogP contribution < -0.4 is 0 Å². The van der Waals surface area contributed by atoms with E-state index in [1.807, 2.05) is 41.5 Å². The average molecular weight is 489 g/mol. The Morgan fingerprint density at radius 1 is 0.533 bits per heavy atom. The van der Waals surface area contributed by atoms with E-state index in [0.717, 1.165) is 6.42 Å². The summed E-state index contributed by atoms with van der Waals surface area (Å²) in [5, 5.41) is -0.845. The van der Waals surface area contributed by atoms with Crippen LogP contribution in [0.25, 0.3) is 0 Å². The van der Waals surface area contributed by atoms with Crippen LogP contribution in [0.5, 0.6) is 0 Å². The predicted molar refractivity (Wildman–Crippen MR) is 121 cm³/mol. The average Bonchev–Trinajstić information content (AvgIpc) is 2.72. The monoisotopic (exact) mass is 488 g/mol. The van der Waals surface area contributed by atoms with E-state index in [-0.39, 0.29) is 0 Å². The second kappa shape index (κ2) is 16.0. The van der Waals surface area contributed by atoms with Crippen molar-refractivity contribution in [1.82, 2.24) is 0 Å². The van der Waals surface area contributed by atoms with E-state index in [1.165, 1.54) is 0 Å². The largest absolute Gasteiger partial charge is 0.534 e. The molecule has 0 aliphatic rings. The molecule has 0 bridgehead atoms. The van der Waals surface area contributed by atoms with Gasteiger partial charge in [-0.3, -0.25) is 0 Å². The van der Waals surface area contributed by atoms with Gasteiger partial charge in [-0.2, -0.15) is 0 Å². The van der Waals surface area contributed by atoms with Crippen molar-refractivity contribution in [3.63, 3.8) is 0 Å². The Kier molecular flexibility index (Phi) is 16.1. The van der Waals surface area contributed by atoms with Gasteiger partial charge in [-0.1, -0.05) is 13.3 Å². The van der Waals surface area contributed by atoms with E-state index in [0.29, 0.717) is 45.7 Å². The summed E-state index contributed by atoms with van der Waals surface area (Å²) >= 11 is 0. The fourth-order valence-corrected chi connectivity index (χ4v) is 14.3. The first-order valence-corrected chi connectivity index (χ1v) is 16.5. The molecular formula is C18H44O9Si3. The lowest BCUT2D eigenvalue weighted by atomic mass is 10.6. The second-order valence-corrected chi connectivity index (χ2v) is 14.8. The van der Waals surface area contributed by atoms with E-state index in [9.17, 15) is 0 Å². The van der Waals surface area contributed by atoms with Gasteiger partial charge in [-0.25, -0.2) is 0 Å². The molecule has 0 aliphatic heterocycles. The van der Waals surface area contributed by atoms with Gasteiger partial charge in [0.2, 0.25) is 0 Å². The van der Waals surface area contributed by atoms with Crippen molar-refractivity contribution in [2.45, 2.75) is 66.3 Å². The maximum Gasteiger partial charge on any atom is 0.534 e. The van der Waals surface area contributed by atoms with Crippen LogP contribution in [0.4, 0.5) is 0 Å². The van der Waals surface area contributed by atoms with Crippen LogP contribution in [-0.2, 0) is 39.8 Å². The molecule has 0 fully saturated rings. The molecule has 0 amide bonds. The van der Waals surface area contributed by atoms with Gasteiger partial charge < -0.3 is 39.8 Å². The normalized spacial score (nSPS) is 13.4. The summed E-state index contributed by atoms with van der Waals surface area (Å²) in [5.41, 5.74) is 0. The van der Waals surface area contributed by atoms with Gasteiger partial charge in [0.25, 0.3) is 0 Å². The van der Waals surface area contributed by atoms with Gasteiger partial charge in [-0.15, -0.1) is 0 Å². The topological polar surface area (TPSA) is 83.1 Å². The third-order valence-corrected chi connectivity index (χ3v) is 15.4. The molecule has 0 aromatic rings. The van der Waals surface area contributed by atoms with Crippen LogP contribution in [-0.4, -0.2) is 85.6 Å². The van der Waals surface area contributed by atoms with Crippen LogP contribution in [0.3, 0.4) is 0 Å². The minimum atomic E-state index is -3.50. The molecule has 0 aromatic heterocycles. The van der Waals surface area contributed by atoms with Crippen molar-refractivity contribution >= 4 is 26.4 Å². The number of hydrogen-bond acceptors (Lipinski definition) is 9. The Balaban J connectivity index is 6.76. The lowest BCUT2D eigenvalue weighted by Gasteiger charge is -2.44. The summed E-state index contributed by atoms with van der Waals surface area (Å²) in [6.07, 6.45) is 0.819. The van der Waals surface area contributed by atoms with Crippen LogP contribution in [0.15, 0.2) is 0 Å². The van der Waals surface area contributed by atoms with E-state index in [2.05, 4.69) is 6.92 Å². The Hall–Kier alpha value is 0.291. The molecule has 0 rings (SSSR count). The minimum absolute atomic E-state index is 0.378. The van der Waals surface area contributed by atoms with Gasteiger partial charge in [0.15, 0.2) is 5.35 Å². The summed E-state index contributed by atoms with van der Waals surface area (Å²) < 4.78 is 55.6. The van der Waals surface area contributed by atoms with E-state index < -0.39 is 31.8 Å². The van der Waals surface area contributed by atoms with Crippen molar-refractivity contribution in [3.8, 4) is 0 Å². The molecule has 0 atom stereocenters. The Labute approximate surface area is 186 Å². The molecule has 12 heteroatoms. The maximum absolute atomic E-state index is 6.69. The van der Waals surface area contributed by atoms with Crippen LogP contribution in [0, 0.1) is 0 Å². The molecule has 0 heterocycles. The molecular weight excluding hydrogens is 444 g/mol. The SMILES string of the molecule is CCC[Si](OC)(OC)OC([Si](OCC)(OCC)OCC)[Si](OCC)(OCC)OCC. The van der Waals surface area contributed by atoms with Gasteiger partial charge in [0, 0.05) is 59.9 Å².